The summed E-state index contributed by atoms with van der Waals surface area (Å²) in [7, 11) is 7.73. The molecule has 13 rings (SSSR count). The van der Waals surface area contributed by atoms with Gasteiger partial charge in [0.05, 0.1) is 91.5 Å². The highest BCUT2D eigenvalue weighted by Gasteiger charge is 2.33. The van der Waals surface area contributed by atoms with Crippen LogP contribution in [0.4, 0.5) is 17.5 Å². The number of hydrogen-bond donors (Lipinski definition) is 6. The van der Waals surface area contributed by atoms with Crippen molar-refractivity contribution in [3.05, 3.63) is 196 Å². The fourth-order valence-corrected chi connectivity index (χ4v) is 13.6. The van der Waals surface area contributed by atoms with E-state index in [9.17, 15) is 19.2 Å². The molecule has 7 heterocycles. The Morgan fingerprint density at radius 1 is 0.471 bits per heavy atom. The largest absolute Gasteiger partial charge is 0.383 e. The highest BCUT2D eigenvalue weighted by molar-refractivity contribution is 9.10. The molecule has 102 heavy (non-hydrogen) atoms. The van der Waals surface area contributed by atoms with Crippen molar-refractivity contribution in [3.63, 3.8) is 0 Å². The molecule has 0 bridgehead atoms. The maximum Gasteiger partial charge on any atom is 0.255 e. The van der Waals surface area contributed by atoms with Gasteiger partial charge in [-0.3, -0.25) is 28.4 Å². The number of benzene rings is 3. The number of aldehydes is 1. The minimum Gasteiger partial charge on any atom is -0.383 e. The summed E-state index contributed by atoms with van der Waals surface area (Å²) in [6.45, 7) is 7.40. The molecule has 6 aromatic heterocycles. The van der Waals surface area contributed by atoms with E-state index < -0.39 is 0 Å². The number of aromatic nitrogens is 9. The van der Waals surface area contributed by atoms with Crippen LogP contribution in [0.25, 0.3) is 33.4 Å². The molecule has 536 valence electrons. The Labute approximate surface area is 604 Å². The van der Waals surface area contributed by atoms with E-state index in [0.717, 1.165) is 137 Å². The Kier molecular flexibility index (Phi) is 25.9. The molecule has 1 aliphatic heterocycles. The number of rotatable bonds is 25. The van der Waals surface area contributed by atoms with Crippen LogP contribution in [-0.2, 0) is 72.8 Å². The fourth-order valence-electron chi connectivity index (χ4n) is 13.4. The molecule has 9 N–H and O–H groups in total. The number of nitrogens with one attached hydrogen (secondary N) is 3. The van der Waals surface area contributed by atoms with Crippen LogP contribution in [0.1, 0.15) is 130 Å². The average molecular weight is 1450 g/mol. The second-order valence-corrected chi connectivity index (χ2v) is 27.9. The van der Waals surface area contributed by atoms with Crippen molar-refractivity contribution in [3.8, 4) is 33.4 Å². The number of carbonyl (C=O) groups excluding carboxylic acids is 4. The molecule has 1 saturated heterocycles. The van der Waals surface area contributed by atoms with E-state index >= 15 is 0 Å². The maximum atomic E-state index is 13.2. The fraction of sp³-hybridized carbons (Fsp3) is 0.403. The van der Waals surface area contributed by atoms with Gasteiger partial charge in [-0.2, -0.15) is 15.3 Å². The zero-order valence-electron chi connectivity index (χ0n) is 58.6. The number of anilines is 3. The quantitative estimate of drug-likeness (QED) is 0.0290. The van der Waals surface area contributed by atoms with Crippen molar-refractivity contribution < 1.29 is 33.4 Å². The van der Waals surface area contributed by atoms with Gasteiger partial charge in [0.25, 0.3) is 17.7 Å². The minimum absolute atomic E-state index is 0.0201. The van der Waals surface area contributed by atoms with E-state index in [1.807, 2.05) is 88.3 Å². The number of carbonyl (C=O) groups is 4. The molecule has 3 saturated carbocycles. The Balaban J connectivity index is 0.000000155. The number of pyridine rings is 3. The van der Waals surface area contributed by atoms with Crippen molar-refractivity contribution in [1.82, 2.24) is 70.0 Å². The van der Waals surface area contributed by atoms with Gasteiger partial charge in [0.2, 0.25) is 0 Å². The van der Waals surface area contributed by atoms with Crippen LogP contribution in [-0.4, -0.2) is 154 Å². The number of nitrogen functional groups attached to an aromatic ring is 3. The van der Waals surface area contributed by atoms with E-state index in [0.29, 0.717) is 42.9 Å². The van der Waals surface area contributed by atoms with Crippen LogP contribution in [0.3, 0.4) is 0 Å². The van der Waals surface area contributed by atoms with Crippen molar-refractivity contribution in [2.45, 2.75) is 140 Å². The first kappa shape index (κ1) is 73.7. The van der Waals surface area contributed by atoms with Crippen LogP contribution in [0, 0.1) is 0 Å². The third-order valence-corrected chi connectivity index (χ3v) is 19.9. The Bertz CT molecular complexity index is 4230. The third-order valence-electron chi connectivity index (χ3n) is 19.3. The van der Waals surface area contributed by atoms with E-state index in [4.69, 9.17) is 31.4 Å². The van der Waals surface area contributed by atoms with Gasteiger partial charge in [0.1, 0.15) is 23.7 Å². The molecule has 0 radical (unpaired) electrons. The molecule has 0 unspecified atom stereocenters. The zero-order chi connectivity index (χ0) is 71.5. The average Bonchev–Trinajstić information content (AvgIpc) is 1.50. The number of nitrogens with zero attached hydrogens (tertiary/aromatic N) is 11. The van der Waals surface area contributed by atoms with E-state index in [1.54, 1.807) is 69.4 Å². The van der Waals surface area contributed by atoms with E-state index in [-0.39, 0.29) is 71.6 Å². The Hall–Kier alpha value is -9.50. The smallest absolute Gasteiger partial charge is 0.255 e. The lowest BCUT2D eigenvalue weighted by molar-refractivity contribution is -0.107. The molecule has 4 aliphatic rings. The Morgan fingerprint density at radius 2 is 0.814 bits per heavy atom. The van der Waals surface area contributed by atoms with Crippen molar-refractivity contribution in [2.24, 2.45) is 21.1 Å². The number of piperazine rings is 1. The van der Waals surface area contributed by atoms with Gasteiger partial charge < -0.3 is 62.0 Å². The number of halogens is 1. The highest BCUT2D eigenvalue weighted by Crippen LogP contribution is 2.30. The van der Waals surface area contributed by atoms with Gasteiger partial charge >= 0.3 is 0 Å². The number of nitrogens with two attached hydrogens (primary N) is 3. The lowest BCUT2D eigenvalue weighted by atomic mass is 10.1. The first-order valence-corrected chi connectivity index (χ1v) is 36.0. The van der Waals surface area contributed by atoms with Crippen molar-refractivity contribution in [2.75, 3.05) is 57.0 Å². The topological polar surface area (TPSA) is 309 Å². The Morgan fingerprint density at radius 3 is 1.16 bits per heavy atom. The first-order chi connectivity index (χ1) is 49.5. The molecule has 3 aliphatic carbocycles. The summed E-state index contributed by atoms with van der Waals surface area (Å²) >= 11 is 3.44. The van der Waals surface area contributed by atoms with Gasteiger partial charge in [-0.05, 0) is 149 Å². The summed E-state index contributed by atoms with van der Waals surface area (Å²) in [4.78, 5) is 67.3. The van der Waals surface area contributed by atoms with Crippen LogP contribution in [0.15, 0.2) is 151 Å². The SMILES string of the molecule is CN1CCN(CCCc2ccc(CO[C@H]3CCC[C@@H]3NC(=O)c3cc(-c4cnn(C)c4)cnc3N)cc2)CC1.Cn1cc(-c2cnc(N)c(C(=O)N[C@H]3CCC[C@@H]3OCc3ccc(Br)cc3)c2)cn1.Cn1cc(-c2cnc(N)c(C(=O)N[C@H]3CCC[C@@H]3OCc3ccc(CCC=O)cc3)c2)cn1. The summed E-state index contributed by atoms with van der Waals surface area (Å²) in [6, 6.07) is 30.1. The van der Waals surface area contributed by atoms with Crippen molar-refractivity contribution in [1.29, 1.82) is 0 Å². The highest BCUT2D eigenvalue weighted by atomic mass is 79.9. The number of hydrogen-bond acceptors (Lipinski definition) is 18. The summed E-state index contributed by atoms with van der Waals surface area (Å²) in [5.41, 5.74) is 30.1. The number of aryl methyl sites for hydroxylation is 5. The van der Waals surface area contributed by atoms with Gasteiger partial charge in [-0.15, -0.1) is 0 Å². The molecule has 4 fully saturated rings. The number of ether oxygens (including phenoxy) is 3. The molecule has 6 atom stereocenters. The van der Waals surface area contributed by atoms with Crippen LogP contribution >= 0.6 is 15.9 Å². The van der Waals surface area contributed by atoms with Gasteiger partial charge in [-0.1, -0.05) is 76.6 Å². The van der Waals surface area contributed by atoms with E-state index in [1.165, 1.54) is 44.7 Å². The van der Waals surface area contributed by atoms with E-state index in [2.05, 4.69) is 103 Å². The van der Waals surface area contributed by atoms with Gasteiger partial charge in [-0.25, -0.2) is 15.0 Å². The van der Waals surface area contributed by atoms with Gasteiger partial charge in [0.15, 0.2) is 0 Å². The van der Waals surface area contributed by atoms with Crippen LogP contribution in [0.2, 0.25) is 0 Å². The van der Waals surface area contributed by atoms with Crippen molar-refractivity contribution >= 4 is 57.4 Å². The molecule has 9 aromatic rings. The predicted octanol–water partition coefficient (Wildman–Crippen LogP) is 9.87. The third kappa shape index (κ3) is 20.6. The number of amides is 3. The second kappa shape index (κ2) is 35.9. The molecular weight excluding hydrogens is 1350 g/mol. The maximum absolute atomic E-state index is 13.2. The molecule has 24 nitrogen and oxygen atoms in total. The minimum atomic E-state index is -0.245. The predicted molar refractivity (Wildman–Crippen MR) is 397 cm³/mol. The molecule has 0 spiro atoms. The second-order valence-electron chi connectivity index (χ2n) is 27.0. The number of likely N-dealkylation sites (N-methyl/N-ethyl adjacent to an activating group) is 1. The monoisotopic (exact) mass is 1450 g/mol. The van der Waals surface area contributed by atoms with Gasteiger partial charge in [0, 0.05) is 129 Å². The van der Waals surface area contributed by atoms with Crippen LogP contribution in [0.5, 0.6) is 0 Å². The molecular formula is C77H94BrN17O7. The summed E-state index contributed by atoms with van der Waals surface area (Å²) in [5, 5.41) is 21.9. The molecule has 3 amide bonds. The zero-order valence-corrected chi connectivity index (χ0v) is 60.2. The van der Waals surface area contributed by atoms with Crippen LogP contribution < -0.4 is 33.2 Å². The normalized spacial score (nSPS) is 19.0. The lowest BCUT2D eigenvalue weighted by Crippen LogP contribution is -2.44. The molecule has 3 aromatic carbocycles. The lowest BCUT2D eigenvalue weighted by Gasteiger charge is -2.32. The first-order valence-electron chi connectivity index (χ1n) is 35.2. The standard InChI is InChI=1S/C30H41N7O2.C25H29N5O3.C22H24BrN5O2/c1-35-13-15-37(16-14-35)12-4-5-22-8-10-23(11-9-22)21-39-28-7-3-6-27(28)34-30(38)26-17-24(18-32-29(26)31)25-19-33-36(2)20-25;1-30-15-20(14-28-30)19-12-21(24(26)27-13-19)25(32)29-22-5-2-6-23(22)33-16-18-9-7-17(8-10-18)4-3-11-31;1-28-12-16(11-26-28)15-9-18(21(24)25-10-15)22(29)27-19-3-2-4-20(19)30-13-14-5-7-17(23)8-6-14/h8-11,17-20,27-28H,3-7,12-16,21H2,1-2H3,(H2,31,32)(H,34,38);7-15,22-23H,2-6,16H2,1H3,(H2,26,27)(H,29,32);5-12,19-20H,2-4,13H2,1H3,(H2,24,25)(H,27,29)/t27-,28-;22-,23-;19-,20-/m000/s1. The summed E-state index contributed by atoms with van der Waals surface area (Å²) < 4.78 is 24.7. The summed E-state index contributed by atoms with van der Waals surface area (Å²) in [5.74, 6) is -0.0530. The summed E-state index contributed by atoms with van der Waals surface area (Å²) in [6.07, 6.45) is 28.6. The molecule has 25 heteroatoms.